The number of fused-ring (bicyclic) bond motifs is 9. The molecule has 3 aliphatic heterocycles. The summed E-state index contributed by atoms with van der Waals surface area (Å²) < 4.78 is 25.8. The standard InChI is InChI=1S/C38H32NSi2.C28H28NSi2.C26H22NO2SSi.3C11H8N.3Ir/c1-40(2,3)37-26-30(28-15-7-4-8-16-28)27-39-38(37)29-23-24-36-34(25-29)33-21-13-14-22-35(33)41(36,31-17-9-5-10-18-31)32-19-11-6-12-20-32;1-30(2,3)27-18-22(20-11-7-6-8-12-20)19-29-28(27)21-15-16-26-24(17-21)23-13-9-10-14-25(23)31(26,4)5;1-31(2,3)25-16-20(18-9-5-4-6-10-18)17-27-26(25)19-13-14-24-22(15-19)21-11-7-8-12-23(21)30(24,28)29;3*1-2-6-10(7-3-1)11-8-4-5-9-12-11;;;/h4-22,24-27H,1-3H3;6-14,16-19H,1-5H3;4-12,14-17H,1-3H3;3*1-6,8-9H;;;/q6*-1;;;. The zero-order chi connectivity index (χ0) is 96.3. The molecule has 0 unspecified atom stereocenters. The molecule has 0 bridgehead atoms. The molecule has 0 atom stereocenters. The Morgan fingerprint density at radius 1 is 0.246 bits per heavy atom. The van der Waals surface area contributed by atoms with E-state index in [1.165, 1.54) is 91.2 Å². The zero-order valence-electron chi connectivity index (χ0n) is 81.1. The van der Waals surface area contributed by atoms with Gasteiger partial charge in [0.1, 0.15) is 8.07 Å². The molecule has 9 heterocycles. The molecule has 3 radical (unpaired) electrons. The van der Waals surface area contributed by atoms with Crippen LogP contribution < -0.4 is 46.7 Å². The number of hydrogen-bond donors (Lipinski definition) is 0. The molecule has 0 spiro atoms. The van der Waals surface area contributed by atoms with Gasteiger partial charge in [-0.25, -0.2) is 8.42 Å². The predicted octanol–water partition coefficient (Wildman–Crippen LogP) is 24.9. The molecule has 0 aliphatic carbocycles. The summed E-state index contributed by atoms with van der Waals surface area (Å²) in [4.78, 5) is 28.4. The molecule has 0 N–H and O–H groups in total. The Balaban J connectivity index is 0.000000136. The number of sulfone groups is 1. The van der Waals surface area contributed by atoms with Gasteiger partial charge >= 0.3 is 0 Å². The molecule has 20 aromatic rings. The van der Waals surface area contributed by atoms with E-state index in [0.717, 1.165) is 89.8 Å². The minimum Gasteiger partial charge on any atom is -0.305 e. The zero-order valence-corrected chi connectivity index (χ0v) is 94.1. The van der Waals surface area contributed by atoms with Gasteiger partial charge in [0, 0.05) is 97.5 Å². The molecular formula is C125H106Ir3N6O2SSi5-6. The molecule has 0 saturated heterocycles. The van der Waals surface area contributed by atoms with E-state index in [1.54, 1.807) is 36.8 Å². The van der Waals surface area contributed by atoms with Gasteiger partial charge in [0.05, 0.1) is 37.2 Å². The topological polar surface area (TPSA) is 111 Å². The summed E-state index contributed by atoms with van der Waals surface area (Å²) in [6, 6.07) is 160. The van der Waals surface area contributed by atoms with E-state index < -0.39 is 50.2 Å². The van der Waals surface area contributed by atoms with Crippen molar-refractivity contribution in [2.75, 3.05) is 0 Å². The van der Waals surface area contributed by atoms with Crippen LogP contribution in [0.5, 0.6) is 0 Å². The van der Waals surface area contributed by atoms with Crippen molar-refractivity contribution in [1.29, 1.82) is 0 Å². The number of pyridine rings is 6. The summed E-state index contributed by atoms with van der Waals surface area (Å²) >= 11 is 0. The number of nitrogens with zero attached hydrogens (tertiary/aromatic N) is 6. The van der Waals surface area contributed by atoms with Crippen molar-refractivity contribution in [2.24, 2.45) is 0 Å². The van der Waals surface area contributed by atoms with E-state index in [-0.39, 0.29) is 60.3 Å². The van der Waals surface area contributed by atoms with Gasteiger partial charge in [-0.1, -0.05) is 393 Å². The Kier molecular flexibility index (Phi) is 33.1. The van der Waals surface area contributed by atoms with Crippen molar-refractivity contribution in [3.8, 4) is 134 Å². The van der Waals surface area contributed by atoms with Gasteiger partial charge < -0.3 is 29.9 Å². The third-order valence-corrected chi connectivity index (χ3v) is 41.9. The Bertz CT molecular complexity index is 7490. The first-order valence-corrected chi connectivity index (χ1v) is 64.1. The molecule has 3 aliphatic rings. The Morgan fingerprint density at radius 3 is 0.923 bits per heavy atom. The van der Waals surface area contributed by atoms with Crippen molar-refractivity contribution in [2.45, 2.75) is 81.8 Å². The minimum absolute atomic E-state index is 0. The van der Waals surface area contributed by atoms with Crippen LogP contribution in [0.4, 0.5) is 0 Å². The summed E-state index contributed by atoms with van der Waals surface area (Å²) in [5.74, 6) is 0. The van der Waals surface area contributed by atoms with Gasteiger partial charge in [0.25, 0.3) is 0 Å². The maximum Gasteiger partial charge on any atom is 0.173 e. The average Bonchev–Trinajstić information content (AvgIpc) is 1.55. The second kappa shape index (κ2) is 45.5. The van der Waals surface area contributed by atoms with Crippen LogP contribution in [0.15, 0.2) is 453 Å². The third-order valence-electron chi connectivity index (χ3n) is 25.7. The summed E-state index contributed by atoms with van der Waals surface area (Å²) in [6.07, 6.45) is 11.3. The van der Waals surface area contributed by atoms with Gasteiger partial charge in [-0.2, -0.15) is 0 Å². The monoisotopic (exact) mass is 2470 g/mol. The van der Waals surface area contributed by atoms with Gasteiger partial charge in [-0.05, 0) is 119 Å². The molecule has 6 aromatic heterocycles. The van der Waals surface area contributed by atoms with E-state index in [0.29, 0.717) is 9.79 Å². The number of benzene rings is 14. The van der Waals surface area contributed by atoms with Crippen LogP contribution in [0, 0.1) is 36.4 Å². The molecule has 0 fully saturated rings. The Labute approximate surface area is 883 Å². The summed E-state index contributed by atoms with van der Waals surface area (Å²) in [5.41, 5.74) is 26.1. The normalized spacial score (nSPS) is 12.5. The molecule has 14 aromatic carbocycles. The molecule has 8 nitrogen and oxygen atoms in total. The first-order valence-electron chi connectivity index (χ1n) is 47.1. The fourth-order valence-corrected chi connectivity index (χ4v) is 33.0. The average molecular weight is 2470 g/mol. The summed E-state index contributed by atoms with van der Waals surface area (Å²) in [6.45, 7) is 26.2. The molecule has 23 rings (SSSR count). The smallest absolute Gasteiger partial charge is 0.173 e. The van der Waals surface area contributed by atoms with Crippen molar-refractivity contribution >= 4 is 96.9 Å². The van der Waals surface area contributed by atoms with Crippen LogP contribution in [0.25, 0.3) is 134 Å². The predicted molar refractivity (Wildman–Crippen MR) is 592 cm³/mol. The quantitative estimate of drug-likeness (QED) is 0.0782. The van der Waals surface area contributed by atoms with E-state index in [2.05, 4.69) is 348 Å². The summed E-state index contributed by atoms with van der Waals surface area (Å²) in [5, 5.41) is 12.7. The van der Waals surface area contributed by atoms with Crippen LogP contribution in [-0.4, -0.2) is 78.7 Å². The molecule has 17 heteroatoms. The van der Waals surface area contributed by atoms with Crippen molar-refractivity contribution in [1.82, 2.24) is 29.9 Å². The van der Waals surface area contributed by atoms with E-state index in [4.69, 9.17) is 15.0 Å². The third kappa shape index (κ3) is 22.4. The molecule has 0 amide bonds. The maximum absolute atomic E-state index is 12.9. The van der Waals surface area contributed by atoms with Gasteiger partial charge in [-0.15, -0.1) is 189 Å². The molecule has 142 heavy (non-hydrogen) atoms. The largest absolute Gasteiger partial charge is 0.305 e. The SMILES string of the molecule is C[Si](C)(C)c1cc(-c2ccccc2)cnc1-c1[c-]cc2c(c1)-c1ccccc1S2(=O)=O.C[Si](C)(C)c1cc(-c2ccccc2)cnc1-c1[c-]cc2c(c1)-c1ccccc1[Si]2(C)C.C[Si](C)(C)c1cc(-c2ccccc2)cnc1-c1[c-]cc2c(c1)-c1ccccc1[Si]2(c1ccccc1)c1ccccc1.[Ir].[Ir].[Ir].[c-]1ccccc1-c1ccccn1.[c-]1ccccc1-c1ccccn1.[c-]1ccccc1-c1ccccn1. The number of aromatic nitrogens is 6. The van der Waals surface area contributed by atoms with Gasteiger partial charge in [-0.3, -0.25) is 0 Å². The molecule has 707 valence electrons. The van der Waals surface area contributed by atoms with Crippen LogP contribution in [-0.2, 0) is 70.2 Å². The van der Waals surface area contributed by atoms with Gasteiger partial charge in [0.2, 0.25) is 0 Å². The maximum atomic E-state index is 12.9. The van der Waals surface area contributed by atoms with Gasteiger partial charge in [0.15, 0.2) is 9.84 Å². The second-order valence-corrected chi connectivity index (χ2v) is 63.4. The first kappa shape index (κ1) is 103. The number of hydrogen-bond acceptors (Lipinski definition) is 8. The van der Waals surface area contributed by atoms with Crippen LogP contribution in [0.3, 0.4) is 0 Å². The van der Waals surface area contributed by atoms with Crippen molar-refractivity contribution in [3.63, 3.8) is 0 Å². The van der Waals surface area contributed by atoms with Crippen LogP contribution in [0.1, 0.15) is 0 Å². The summed E-state index contributed by atoms with van der Waals surface area (Å²) in [7, 11) is -12.7. The fraction of sp³-hybridized carbons (Fsp3) is 0.0880. The van der Waals surface area contributed by atoms with E-state index in [9.17, 15) is 8.42 Å². The Morgan fingerprint density at radius 2 is 0.556 bits per heavy atom. The fourth-order valence-electron chi connectivity index (χ4n) is 18.7. The van der Waals surface area contributed by atoms with E-state index >= 15 is 0 Å². The van der Waals surface area contributed by atoms with Crippen molar-refractivity contribution < 1.29 is 68.7 Å². The number of rotatable bonds is 14. The molecular weight excluding hydrogens is 2370 g/mol. The van der Waals surface area contributed by atoms with E-state index in [1.807, 2.05) is 182 Å². The van der Waals surface area contributed by atoms with Crippen LogP contribution in [0.2, 0.25) is 72.0 Å². The minimum atomic E-state index is -3.49. The van der Waals surface area contributed by atoms with Crippen LogP contribution >= 0.6 is 0 Å². The van der Waals surface area contributed by atoms with Crippen molar-refractivity contribution in [3.05, 3.63) is 480 Å². The Hall–Kier alpha value is -13.0. The molecule has 0 saturated carbocycles. The second-order valence-electron chi connectivity index (χ2n) is 38.4. The first-order chi connectivity index (χ1) is 67.4.